The molecule has 0 radical (unpaired) electrons. The maximum absolute atomic E-state index is 11.2. The SMILES string of the molecule is CCCOc1ccc(Cl)cc1C(C)=O. The number of halogens is 1. The van der Waals surface area contributed by atoms with Gasteiger partial charge in [0.05, 0.1) is 12.2 Å². The molecular formula is C11H13ClO2. The van der Waals surface area contributed by atoms with Gasteiger partial charge >= 0.3 is 0 Å². The fraction of sp³-hybridized carbons (Fsp3) is 0.364. The molecule has 1 rings (SSSR count). The maximum atomic E-state index is 11.2. The van der Waals surface area contributed by atoms with Gasteiger partial charge in [0.25, 0.3) is 0 Å². The van der Waals surface area contributed by atoms with Gasteiger partial charge in [-0.2, -0.15) is 0 Å². The number of rotatable bonds is 4. The molecule has 0 heterocycles. The Balaban J connectivity index is 2.96. The van der Waals surface area contributed by atoms with Crippen LogP contribution in [0.4, 0.5) is 0 Å². The van der Waals surface area contributed by atoms with Crippen LogP contribution in [0.5, 0.6) is 5.75 Å². The molecule has 0 aliphatic heterocycles. The van der Waals surface area contributed by atoms with Gasteiger partial charge < -0.3 is 4.74 Å². The van der Waals surface area contributed by atoms with Crippen molar-refractivity contribution in [2.24, 2.45) is 0 Å². The third kappa shape index (κ3) is 2.74. The van der Waals surface area contributed by atoms with E-state index < -0.39 is 0 Å². The first-order valence-electron chi connectivity index (χ1n) is 4.58. The summed E-state index contributed by atoms with van der Waals surface area (Å²) in [5.41, 5.74) is 0.547. The van der Waals surface area contributed by atoms with Crippen molar-refractivity contribution in [3.63, 3.8) is 0 Å². The van der Waals surface area contributed by atoms with Gasteiger partial charge in [-0.05, 0) is 31.5 Å². The average Bonchev–Trinajstić information content (AvgIpc) is 2.15. The van der Waals surface area contributed by atoms with E-state index in [1.165, 1.54) is 6.92 Å². The lowest BCUT2D eigenvalue weighted by Crippen LogP contribution is -2.01. The number of benzene rings is 1. The minimum absolute atomic E-state index is 0.0291. The van der Waals surface area contributed by atoms with Crippen molar-refractivity contribution in [2.45, 2.75) is 20.3 Å². The molecule has 14 heavy (non-hydrogen) atoms. The molecule has 0 unspecified atom stereocenters. The third-order valence-electron chi connectivity index (χ3n) is 1.78. The Hall–Kier alpha value is -1.02. The summed E-state index contributed by atoms with van der Waals surface area (Å²) in [6.07, 6.45) is 0.917. The molecular weight excluding hydrogens is 200 g/mol. The zero-order valence-corrected chi connectivity index (χ0v) is 9.10. The minimum Gasteiger partial charge on any atom is -0.493 e. The Morgan fingerprint density at radius 1 is 1.50 bits per heavy atom. The third-order valence-corrected chi connectivity index (χ3v) is 2.02. The normalized spacial score (nSPS) is 9.93. The summed E-state index contributed by atoms with van der Waals surface area (Å²) in [5, 5.41) is 0.555. The molecule has 0 saturated heterocycles. The van der Waals surface area contributed by atoms with Crippen molar-refractivity contribution in [1.82, 2.24) is 0 Å². The molecule has 0 N–H and O–H groups in total. The number of hydrogen-bond acceptors (Lipinski definition) is 2. The summed E-state index contributed by atoms with van der Waals surface area (Å²) in [6.45, 7) is 4.13. The maximum Gasteiger partial charge on any atom is 0.163 e. The molecule has 0 aromatic heterocycles. The molecule has 0 aliphatic rings. The highest BCUT2D eigenvalue weighted by molar-refractivity contribution is 6.31. The van der Waals surface area contributed by atoms with Gasteiger partial charge in [-0.25, -0.2) is 0 Å². The van der Waals surface area contributed by atoms with E-state index in [4.69, 9.17) is 16.3 Å². The van der Waals surface area contributed by atoms with Crippen LogP contribution in [-0.2, 0) is 0 Å². The number of hydrogen-bond donors (Lipinski definition) is 0. The first kappa shape index (κ1) is 11.1. The van der Waals surface area contributed by atoms with E-state index in [1.54, 1.807) is 18.2 Å². The van der Waals surface area contributed by atoms with Gasteiger partial charge in [0, 0.05) is 5.02 Å². The lowest BCUT2D eigenvalue weighted by Gasteiger charge is -2.08. The second-order valence-electron chi connectivity index (χ2n) is 3.05. The summed E-state index contributed by atoms with van der Waals surface area (Å²) in [6, 6.07) is 5.09. The molecule has 0 saturated carbocycles. The van der Waals surface area contributed by atoms with Crippen molar-refractivity contribution < 1.29 is 9.53 Å². The molecule has 76 valence electrons. The van der Waals surface area contributed by atoms with Crippen LogP contribution in [-0.4, -0.2) is 12.4 Å². The molecule has 0 bridgehead atoms. The Morgan fingerprint density at radius 2 is 2.21 bits per heavy atom. The molecule has 0 atom stereocenters. The Kier molecular flexibility index (Phi) is 3.96. The quantitative estimate of drug-likeness (QED) is 0.716. The van der Waals surface area contributed by atoms with Gasteiger partial charge in [-0.1, -0.05) is 18.5 Å². The summed E-state index contributed by atoms with van der Waals surface area (Å²) in [7, 11) is 0. The van der Waals surface area contributed by atoms with Crippen LogP contribution in [0.15, 0.2) is 18.2 Å². The van der Waals surface area contributed by atoms with Gasteiger partial charge in [0.1, 0.15) is 5.75 Å². The monoisotopic (exact) mass is 212 g/mol. The van der Waals surface area contributed by atoms with Crippen molar-refractivity contribution in [1.29, 1.82) is 0 Å². The average molecular weight is 213 g/mol. The Morgan fingerprint density at radius 3 is 2.79 bits per heavy atom. The van der Waals surface area contributed by atoms with E-state index in [0.717, 1.165) is 6.42 Å². The predicted molar refractivity (Wildman–Crippen MR) is 57.2 cm³/mol. The highest BCUT2D eigenvalue weighted by Crippen LogP contribution is 2.23. The molecule has 0 fully saturated rings. The number of ketones is 1. The first-order valence-corrected chi connectivity index (χ1v) is 4.96. The predicted octanol–water partition coefficient (Wildman–Crippen LogP) is 3.33. The van der Waals surface area contributed by atoms with Crippen LogP contribution in [0.2, 0.25) is 5.02 Å². The van der Waals surface area contributed by atoms with Crippen LogP contribution in [0.3, 0.4) is 0 Å². The second kappa shape index (κ2) is 5.01. The summed E-state index contributed by atoms with van der Waals surface area (Å²) >= 11 is 5.79. The zero-order valence-electron chi connectivity index (χ0n) is 8.34. The Labute approximate surface area is 88.8 Å². The van der Waals surface area contributed by atoms with Gasteiger partial charge in [-0.3, -0.25) is 4.79 Å². The van der Waals surface area contributed by atoms with E-state index in [-0.39, 0.29) is 5.78 Å². The van der Waals surface area contributed by atoms with E-state index in [2.05, 4.69) is 0 Å². The van der Waals surface area contributed by atoms with Gasteiger partial charge in [0.15, 0.2) is 5.78 Å². The van der Waals surface area contributed by atoms with E-state index in [0.29, 0.717) is 22.9 Å². The van der Waals surface area contributed by atoms with Crippen LogP contribution in [0.25, 0.3) is 0 Å². The topological polar surface area (TPSA) is 26.3 Å². The fourth-order valence-electron chi connectivity index (χ4n) is 1.12. The summed E-state index contributed by atoms with van der Waals surface area (Å²) < 4.78 is 5.42. The van der Waals surface area contributed by atoms with E-state index in [1.807, 2.05) is 6.92 Å². The van der Waals surface area contributed by atoms with Crippen molar-refractivity contribution >= 4 is 17.4 Å². The van der Waals surface area contributed by atoms with Crippen molar-refractivity contribution in [2.75, 3.05) is 6.61 Å². The first-order chi connectivity index (χ1) is 6.65. The second-order valence-corrected chi connectivity index (χ2v) is 3.48. The van der Waals surface area contributed by atoms with Crippen LogP contribution < -0.4 is 4.74 Å². The summed E-state index contributed by atoms with van der Waals surface area (Å²) in [4.78, 5) is 11.2. The molecule has 2 nitrogen and oxygen atoms in total. The smallest absolute Gasteiger partial charge is 0.163 e. The number of carbonyl (C=O) groups is 1. The molecule has 1 aromatic carbocycles. The van der Waals surface area contributed by atoms with Crippen LogP contribution >= 0.6 is 11.6 Å². The molecule has 1 aromatic rings. The molecule has 0 aliphatic carbocycles. The molecule has 0 spiro atoms. The Bertz CT molecular complexity index is 334. The fourth-order valence-corrected chi connectivity index (χ4v) is 1.29. The highest BCUT2D eigenvalue weighted by Gasteiger charge is 2.08. The van der Waals surface area contributed by atoms with E-state index >= 15 is 0 Å². The zero-order chi connectivity index (χ0) is 10.6. The number of carbonyl (C=O) groups excluding carboxylic acids is 1. The van der Waals surface area contributed by atoms with Gasteiger partial charge in [0.2, 0.25) is 0 Å². The lowest BCUT2D eigenvalue weighted by atomic mass is 10.1. The van der Waals surface area contributed by atoms with E-state index in [9.17, 15) is 4.79 Å². The molecule has 3 heteroatoms. The highest BCUT2D eigenvalue weighted by atomic mass is 35.5. The van der Waals surface area contributed by atoms with Gasteiger partial charge in [-0.15, -0.1) is 0 Å². The van der Waals surface area contributed by atoms with Crippen LogP contribution in [0.1, 0.15) is 30.6 Å². The number of Topliss-reactive ketones (excluding diaryl/α,β-unsaturated/α-hetero) is 1. The number of ether oxygens (including phenoxy) is 1. The molecule has 0 amide bonds. The van der Waals surface area contributed by atoms with Crippen molar-refractivity contribution in [3.05, 3.63) is 28.8 Å². The minimum atomic E-state index is -0.0291. The largest absolute Gasteiger partial charge is 0.493 e. The summed E-state index contributed by atoms with van der Waals surface area (Å²) in [5.74, 6) is 0.586. The standard InChI is InChI=1S/C11H13ClO2/c1-3-6-14-11-5-4-9(12)7-10(11)8(2)13/h4-5,7H,3,6H2,1-2H3. The van der Waals surface area contributed by atoms with Crippen molar-refractivity contribution in [3.8, 4) is 5.75 Å². The lowest BCUT2D eigenvalue weighted by molar-refractivity contribution is 0.101. The van der Waals surface area contributed by atoms with Crippen LogP contribution in [0, 0.1) is 0 Å².